The molecule has 1 N–H and O–H groups in total. The fraction of sp³-hybridized carbons (Fsp3) is 0.188. The van der Waals surface area contributed by atoms with E-state index >= 15 is 0 Å². The van der Waals surface area contributed by atoms with Crippen molar-refractivity contribution < 1.29 is 18.0 Å². The van der Waals surface area contributed by atoms with Gasteiger partial charge < -0.3 is 5.32 Å². The zero-order valence-electron chi connectivity index (χ0n) is 11.0. The minimum Gasteiger partial charge on any atom is -0.312 e. The number of fused-ring (bicyclic) bond motifs is 1. The van der Waals surface area contributed by atoms with Crippen LogP contribution in [-0.2, 0) is 6.54 Å². The summed E-state index contributed by atoms with van der Waals surface area (Å²) in [4.78, 5) is 12.5. The Morgan fingerprint density at radius 3 is 2.62 bits per heavy atom. The van der Waals surface area contributed by atoms with E-state index in [1.165, 1.54) is 0 Å². The van der Waals surface area contributed by atoms with Gasteiger partial charge in [0, 0.05) is 13.1 Å². The second-order valence-electron chi connectivity index (χ2n) is 4.97. The molecule has 1 aliphatic rings. The first-order valence-electron chi connectivity index (χ1n) is 6.56. The first-order valence-corrected chi connectivity index (χ1v) is 6.56. The number of rotatable bonds is 2. The normalized spacial score (nSPS) is 17.4. The maximum absolute atomic E-state index is 13.8. The van der Waals surface area contributed by atoms with Crippen LogP contribution in [0, 0.1) is 17.5 Å². The Morgan fingerprint density at radius 2 is 1.81 bits per heavy atom. The predicted octanol–water partition coefficient (Wildman–Crippen LogP) is 3.17. The molecular formula is C16H12F3NO. The Bertz CT molecular complexity index is 715. The number of benzene rings is 2. The van der Waals surface area contributed by atoms with E-state index in [0.29, 0.717) is 13.1 Å². The summed E-state index contributed by atoms with van der Waals surface area (Å²) in [5, 5.41) is 3.08. The van der Waals surface area contributed by atoms with Gasteiger partial charge in [0.1, 0.15) is 0 Å². The van der Waals surface area contributed by atoms with Crippen LogP contribution >= 0.6 is 0 Å². The van der Waals surface area contributed by atoms with Gasteiger partial charge in [0.15, 0.2) is 23.2 Å². The number of carbonyl (C=O) groups excluding carboxylic acids is 1. The van der Waals surface area contributed by atoms with E-state index in [1.54, 1.807) is 12.1 Å². The predicted molar refractivity (Wildman–Crippen MR) is 71.5 cm³/mol. The Morgan fingerprint density at radius 1 is 1.05 bits per heavy atom. The minimum absolute atomic E-state index is 0.342. The van der Waals surface area contributed by atoms with Gasteiger partial charge in [0.25, 0.3) is 0 Å². The number of halogens is 3. The quantitative estimate of drug-likeness (QED) is 0.680. The molecule has 21 heavy (non-hydrogen) atoms. The van der Waals surface area contributed by atoms with Crippen molar-refractivity contribution in [3.05, 3.63) is 70.5 Å². The summed E-state index contributed by atoms with van der Waals surface area (Å²) in [7, 11) is 0. The lowest BCUT2D eigenvalue weighted by molar-refractivity contribution is 0.0949. The zero-order valence-corrected chi connectivity index (χ0v) is 11.0. The van der Waals surface area contributed by atoms with Gasteiger partial charge in [0.05, 0.1) is 11.5 Å². The monoisotopic (exact) mass is 291 g/mol. The van der Waals surface area contributed by atoms with Crippen LogP contribution in [0.3, 0.4) is 0 Å². The molecule has 0 saturated carbocycles. The second kappa shape index (κ2) is 5.33. The zero-order chi connectivity index (χ0) is 15.0. The second-order valence-corrected chi connectivity index (χ2v) is 4.97. The third-order valence-corrected chi connectivity index (χ3v) is 3.71. The van der Waals surface area contributed by atoms with Gasteiger partial charge in [0.2, 0.25) is 0 Å². The Hall–Kier alpha value is -2.14. The average Bonchev–Trinajstić information content (AvgIpc) is 2.51. The number of hydrogen-bond donors (Lipinski definition) is 1. The van der Waals surface area contributed by atoms with Crippen LogP contribution in [0.25, 0.3) is 0 Å². The standard InChI is InChI=1S/C16H12F3NO/c17-13-6-5-11(14(18)15(13)19)16(21)12-8-20-7-9-3-1-2-4-10(9)12/h1-6,12,20H,7-8H2. The highest BCUT2D eigenvalue weighted by molar-refractivity contribution is 6.01. The first-order chi connectivity index (χ1) is 10.1. The van der Waals surface area contributed by atoms with Crippen LogP contribution < -0.4 is 5.32 Å². The summed E-state index contributed by atoms with van der Waals surface area (Å²) in [6.07, 6.45) is 0. The van der Waals surface area contributed by atoms with Crippen molar-refractivity contribution in [2.75, 3.05) is 6.54 Å². The fourth-order valence-corrected chi connectivity index (χ4v) is 2.63. The molecule has 3 rings (SSSR count). The van der Waals surface area contributed by atoms with Crippen LogP contribution in [0.4, 0.5) is 13.2 Å². The third kappa shape index (κ3) is 2.34. The molecule has 108 valence electrons. The fourth-order valence-electron chi connectivity index (χ4n) is 2.63. The van der Waals surface area contributed by atoms with E-state index in [0.717, 1.165) is 23.3 Å². The Kier molecular flexibility index (Phi) is 3.51. The first kappa shape index (κ1) is 13.8. The van der Waals surface area contributed by atoms with Gasteiger partial charge in [-0.25, -0.2) is 13.2 Å². The molecular weight excluding hydrogens is 279 g/mol. The maximum atomic E-state index is 13.8. The van der Waals surface area contributed by atoms with Crippen LogP contribution in [-0.4, -0.2) is 12.3 Å². The van der Waals surface area contributed by atoms with Crippen molar-refractivity contribution >= 4 is 5.78 Å². The molecule has 2 aromatic rings. The van der Waals surface area contributed by atoms with Crippen LogP contribution in [0.5, 0.6) is 0 Å². The Labute approximate surface area is 119 Å². The topological polar surface area (TPSA) is 29.1 Å². The van der Waals surface area contributed by atoms with Gasteiger partial charge >= 0.3 is 0 Å². The van der Waals surface area contributed by atoms with E-state index in [4.69, 9.17) is 0 Å². The number of Topliss-reactive ketones (excluding diaryl/α,β-unsaturated/α-hetero) is 1. The van der Waals surface area contributed by atoms with Crippen LogP contribution in [0.1, 0.15) is 27.4 Å². The molecule has 0 spiro atoms. The van der Waals surface area contributed by atoms with Gasteiger partial charge in [-0.2, -0.15) is 0 Å². The van der Waals surface area contributed by atoms with E-state index in [2.05, 4.69) is 5.32 Å². The number of hydrogen-bond acceptors (Lipinski definition) is 2. The molecule has 0 amide bonds. The van der Waals surface area contributed by atoms with Crippen molar-refractivity contribution in [1.82, 2.24) is 5.32 Å². The summed E-state index contributed by atoms with van der Waals surface area (Å²) in [5.74, 6) is -5.49. The summed E-state index contributed by atoms with van der Waals surface area (Å²) >= 11 is 0. The summed E-state index contributed by atoms with van der Waals surface area (Å²) in [6, 6.07) is 9.10. The average molecular weight is 291 g/mol. The molecule has 0 fully saturated rings. The van der Waals surface area contributed by atoms with E-state index in [1.807, 2.05) is 12.1 Å². The summed E-state index contributed by atoms with van der Waals surface area (Å²) in [6.45, 7) is 0.967. The molecule has 1 aliphatic heterocycles. The molecule has 1 atom stereocenters. The summed E-state index contributed by atoms with van der Waals surface area (Å²) < 4.78 is 40.0. The van der Waals surface area contributed by atoms with Crippen LogP contribution in [0.15, 0.2) is 36.4 Å². The highest BCUT2D eigenvalue weighted by Gasteiger charge is 2.30. The third-order valence-electron chi connectivity index (χ3n) is 3.71. The largest absolute Gasteiger partial charge is 0.312 e. The molecule has 1 unspecified atom stereocenters. The lowest BCUT2D eigenvalue weighted by Crippen LogP contribution is -2.33. The molecule has 0 saturated heterocycles. The summed E-state index contributed by atoms with van der Waals surface area (Å²) in [5.41, 5.74) is 1.33. The van der Waals surface area contributed by atoms with Crippen molar-refractivity contribution in [3.63, 3.8) is 0 Å². The SMILES string of the molecule is O=C(c1ccc(F)c(F)c1F)C1CNCc2ccccc21. The lowest BCUT2D eigenvalue weighted by atomic mass is 9.85. The minimum atomic E-state index is -1.61. The highest BCUT2D eigenvalue weighted by Crippen LogP contribution is 2.28. The molecule has 2 nitrogen and oxygen atoms in total. The van der Waals surface area contributed by atoms with Crippen molar-refractivity contribution in [2.45, 2.75) is 12.5 Å². The smallest absolute Gasteiger partial charge is 0.195 e. The van der Waals surface area contributed by atoms with Gasteiger partial charge in [-0.3, -0.25) is 4.79 Å². The van der Waals surface area contributed by atoms with Crippen molar-refractivity contribution in [2.24, 2.45) is 0 Å². The molecule has 0 bridgehead atoms. The number of nitrogens with one attached hydrogen (secondary N) is 1. The number of ketones is 1. The lowest BCUT2D eigenvalue weighted by Gasteiger charge is -2.25. The van der Waals surface area contributed by atoms with Crippen molar-refractivity contribution in [1.29, 1.82) is 0 Å². The Balaban J connectivity index is 2.03. The van der Waals surface area contributed by atoms with E-state index in [-0.39, 0.29) is 0 Å². The molecule has 0 radical (unpaired) electrons. The van der Waals surface area contributed by atoms with E-state index < -0.39 is 34.7 Å². The van der Waals surface area contributed by atoms with Crippen molar-refractivity contribution in [3.8, 4) is 0 Å². The van der Waals surface area contributed by atoms with E-state index in [9.17, 15) is 18.0 Å². The molecule has 5 heteroatoms. The molecule has 1 heterocycles. The molecule has 0 aromatic heterocycles. The maximum Gasteiger partial charge on any atom is 0.195 e. The molecule has 0 aliphatic carbocycles. The number of carbonyl (C=O) groups is 1. The van der Waals surface area contributed by atoms with Gasteiger partial charge in [-0.15, -0.1) is 0 Å². The highest BCUT2D eigenvalue weighted by atomic mass is 19.2. The molecule has 2 aromatic carbocycles. The van der Waals surface area contributed by atoms with Gasteiger partial charge in [-0.05, 0) is 23.3 Å². The van der Waals surface area contributed by atoms with Crippen LogP contribution in [0.2, 0.25) is 0 Å². The van der Waals surface area contributed by atoms with Gasteiger partial charge in [-0.1, -0.05) is 24.3 Å².